The number of hydrogen-bond acceptors (Lipinski definition) is 17. The van der Waals surface area contributed by atoms with Gasteiger partial charge in [0.05, 0.1) is 6.42 Å². The summed E-state index contributed by atoms with van der Waals surface area (Å²) >= 11 is 0. The number of primary amides is 1. The van der Waals surface area contributed by atoms with Crippen molar-refractivity contribution in [2.45, 2.75) is 159 Å². The molecule has 91 heavy (non-hydrogen) atoms. The number of phenols is 2. The first-order valence-corrected chi connectivity index (χ1v) is 29.8. The van der Waals surface area contributed by atoms with Crippen LogP contribution in [-0.2, 0) is 60.8 Å². The number of nitrogens with one attached hydrogen (secondary N) is 11. The molecule has 1 heterocycles. The molecule has 1 aliphatic heterocycles. The Kier molecular flexibility index (Phi) is 32.0. The summed E-state index contributed by atoms with van der Waals surface area (Å²) in [4.78, 5) is 164. The van der Waals surface area contributed by atoms with Gasteiger partial charge < -0.3 is 97.8 Å². The van der Waals surface area contributed by atoms with Crippen molar-refractivity contribution in [3.8, 4) is 11.5 Å². The topological polar surface area (TPSA) is 554 Å². The Bertz CT molecular complexity index is 2910. The summed E-state index contributed by atoms with van der Waals surface area (Å²) < 4.78 is 14.9. The number of phenolic OH excluding ortho intramolecular Hbond substituents is 2. The van der Waals surface area contributed by atoms with Crippen molar-refractivity contribution in [2.75, 3.05) is 39.3 Å². The van der Waals surface area contributed by atoms with Crippen LogP contribution in [-0.4, -0.2) is 175 Å². The zero-order chi connectivity index (χ0) is 69.0. The van der Waals surface area contributed by atoms with E-state index in [0.717, 1.165) is 0 Å². The lowest BCUT2D eigenvalue weighted by atomic mass is 10.00. The molecule has 0 radical (unpaired) electrons. The summed E-state index contributed by atoms with van der Waals surface area (Å²) in [6, 6.07) is 0.496. The van der Waals surface area contributed by atoms with Crippen LogP contribution in [0.3, 0.4) is 0 Å². The molecule has 0 saturated heterocycles. The smallest absolute Gasteiger partial charge is 0.321 e. The van der Waals surface area contributed by atoms with E-state index in [2.05, 4.69) is 73.5 Å². The first kappa shape index (κ1) is 71.8. The molecule has 0 spiro atoms. The number of guanidine groups is 3. The molecule has 0 aliphatic carbocycles. The first-order chi connectivity index (χ1) is 44.1. The van der Waals surface area contributed by atoms with Crippen molar-refractivity contribution < 1.29 is 65.7 Å². The van der Waals surface area contributed by atoms with Crippen LogP contribution in [0.5, 0.6) is 11.5 Å². The summed E-state index contributed by atoms with van der Waals surface area (Å²) in [6.07, 6.45) is -2.30. The van der Waals surface area contributed by atoms with Crippen molar-refractivity contribution in [1.29, 1.82) is 0 Å². The van der Waals surface area contributed by atoms with Gasteiger partial charge in [-0.1, -0.05) is 45.0 Å². The van der Waals surface area contributed by atoms with E-state index in [4.69, 9.17) is 37.1 Å². The van der Waals surface area contributed by atoms with Crippen LogP contribution in [0.25, 0.3) is 0 Å². The number of amides is 12. The quantitative estimate of drug-likeness (QED) is 0.0230. The Hall–Kier alpha value is -9.98. The minimum atomic E-state index is -1.58. The second-order valence-electron chi connectivity index (χ2n) is 21.8. The van der Waals surface area contributed by atoms with Crippen LogP contribution in [0.2, 0.25) is 0 Å². The zero-order valence-electron chi connectivity index (χ0n) is 53.4. The first-order valence-electron chi connectivity index (χ1n) is 31.1. The van der Waals surface area contributed by atoms with Crippen LogP contribution in [0.15, 0.2) is 63.5 Å². The number of carbonyl (C=O) groups is 11. The van der Waals surface area contributed by atoms with Gasteiger partial charge in [0, 0.05) is 67.7 Å². The average molecular weight is 1280 g/mol. The van der Waals surface area contributed by atoms with E-state index in [9.17, 15) is 63.0 Å². The standard InChI is InChI=1S/C58H92N20O13/c1-4-45(81)65-25-10-14-46(82)72-44-32-47(83)71-38(11-7-26-67-55(60)61)50(86)77-43(31-35-17-21-37(80)22-18-35)54(90)74-40(13-9-28-69-57(64)78-58(91)70-24-6-5-23-66-49(44)85)52(88)76-42(29-33(2)3)53(89)73-39(12-8-27-68-56(62)63)51(87)75-41(48(59)84)30-34-15-19-36(79)20-16-34/h15-22,33,38-44,79-80H,4-14,23-32H2,1-3H3,(H2,59,84)(H,65,81)(H,66,85)(H,71,83)(H,72,82)(H,73,89)(H,74,90)(H,75,87)(H,76,88)(H,77,86)(H4,60,61,67)(H4,62,63,68)(H4,64,69,70,78,91)/t38-,39-,40-,41-,42-,43-,44+/m0/s1/i1T,4T/t4?,38-,39-,40-,41-,42-,43-,44+. The zero-order valence-corrected chi connectivity index (χ0v) is 51.4. The lowest BCUT2D eigenvalue weighted by Gasteiger charge is -2.28. The molecule has 2 aromatic carbocycles. The van der Waals surface area contributed by atoms with Gasteiger partial charge in [0.15, 0.2) is 17.9 Å². The van der Waals surface area contributed by atoms with E-state index in [0.29, 0.717) is 24.0 Å². The van der Waals surface area contributed by atoms with Crippen molar-refractivity contribution in [2.24, 2.45) is 55.3 Å². The molecular weight excluding hydrogens is 1180 g/mol. The summed E-state index contributed by atoms with van der Waals surface area (Å²) in [7, 11) is 0. The van der Waals surface area contributed by atoms with Gasteiger partial charge in [-0.05, 0) is 106 Å². The van der Waals surface area contributed by atoms with Crippen LogP contribution >= 0.6 is 0 Å². The molecule has 12 amide bonds. The Balaban J connectivity index is 2.09. The predicted octanol–water partition coefficient (Wildman–Crippen LogP) is -4.08. The number of urea groups is 1. The molecule has 8 atom stereocenters. The molecule has 1 aliphatic rings. The van der Waals surface area contributed by atoms with E-state index < -0.39 is 127 Å². The second-order valence-corrected chi connectivity index (χ2v) is 21.8. The van der Waals surface area contributed by atoms with Crippen molar-refractivity contribution in [1.82, 2.24) is 58.5 Å². The van der Waals surface area contributed by atoms with E-state index in [1.165, 1.54) is 48.5 Å². The number of carbonyl (C=O) groups excluding carboxylic acids is 11. The van der Waals surface area contributed by atoms with Gasteiger partial charge >= 0.3 is 6.03 Å². The largest absolute Gasteiger partial charge is 0.508 e. The molecule has 3 rings (SSSR count). The molecule has 0 bridgehead atoms. The summed E-state index contributed by atoms with van der Waals surface area (Å²) in [5, 5.41) is 48.4. The van der Waals surface area contributed by atoms with Gasteiger partial charge in [0.2, 0.25) is 59.1 Å². The van der Waals surface area contributed by atoms with Crippen molar-refractivity contribution >= 4 is 83.0 Å². The van der Waals surface area contributed by atoms with Gasteiger partial charge in [-0.3, -0.25) is 68.2 Å². The average Bonchev–Trinajstić information content (AvgIpc) is 1.21. The number of nitrogens with two attached hydrogens (primary N) is 6. The number of aromatic hydroxyl groups is 2. The van der Waals surface area contributed by atoms with Crippen molar-refractivity contribution in [3.05, 3.63) is 59.7 Å². The monoisotopic (exact) mass is 1280 g/mol. The number of rotatable bonds is 27. The molecule has 502 valence electrons. The molecular formula is C58H92N20O13. The summed E-state index contributed by atoms with van der Waals surface area (Å²) in [5.41, 5.74) is 34.9. The van der Waals surface area contributed by atoms with Crippen LogP contribution in [0, 0.1) is 5.92 Å². The third kappa shape index (κ3) is 31.2. The fourth-order valence-electron chi connectivity index (χ4n) is 8.97. The normalized spacial score (nSPS) is 19.1. The molecule has 1 unspecified atom stereocenters. The molecule has 25 N–H and O–H groups in total. The Morgan fingerprint density at radius 2 is 1.32 bits per heavy atom. The van der Waals surface area contributed by atoms with E-state index in [1.807, 2.05) is 0 Å². The molecule has 33 nitrogen and oxygen atoms in total. The SMILES string of the molecule is [3H]CC([3H])C(=O)NCCCC(=O)N[C@@H]1CC(=O)N[C@@H](CCCN=C(N)N)C(=O)N[C@@H](Cc2ccc(O)cc2)C(=O)N[C@H](C(=O)N[C@@H](CC(C)C)C(=O)N[C@@H](CCCN=C(N)N)C(=O)N[C@@H](Cc2ccc(O)cc2)C(N)=O)CCCN=C(N)NC(=O)NCCCCNC1=O. The highest BCUT2D eigenvalue weighted by Crippen LogP contribution is 2.16. The van der Waals surface area contributed by atoms with Gasteiger partial charge in [-0.2, -0.15) is 0 Å². The highest BCUT2D eigenvalue weighted by molar-refractivity contribution is 5.98. The highest BCUT2D eigenvalue weighted by Gasteiger charge is 2.35. The molecule has 0 aromatic heterocycles. The van der Waals surface area contributed by atoms with Gasteiger partial charge in [-0.15, -0.1) is 0 Å². The highest BCUT2D eigenvalue weighted by atomic mass is 16.3. The van der Waals surface area contributed by atoms with Crippen LogP contribution < -0.4 is 92.9 Å². The number of nitrogens with zero attached hydrogens (tertiary/aromatic N) is 3. The second kappa shape index (κ2) is 40.5. The van der Waals surface area contributed by atoms with Gasteiger partial charge in [-0.25, -0.2) is 4.79 Å². The number of hydrogen-bond donors (Lipinski definition) is 19. The Labute approximate surface area is 530 Å². The predicted molar refractivity (Wildman–Crippen MR) is 337 cm³/mol. The van der Waals surface area contributed by atoms with E-state index in [1.54, 1.807) is 13.8 Å². The third-order valence-corrected chi connectivity index (χ3v) is 13.7. The maximum Gasteiger partial charge on any atom is 0.321 e. The van der Waals surface area contributed by atoms with Gasteiger partial charge in [0.25, 0.3) is 0 Å². The van der Waals surface area contributed by atoms with Crippen LogP contribution in [0.4, 0.5) is 4.79 Å². The number of benzene rings is 2. The van der Waals surface area contributed by atoms with E-state index in [-0.39, 0.29) is 145 Å². The van der Waals surface area contributed by atoms with Crippen LogP contribution in [0.1, 0.15) is 118 Å². The van der Waals surface area contributed by atoms with Crippen molar-refractivity contribution in [3.63, 3.8) is 0 Å². The minimum Gasteiger partial charge on any atom is -0.508 e. The third-order valence-electron chi connectivity index (χ3n) is 13.7. The summed E-state index contributed by atoms with van der Waals surface area (Å²) in [5.74, 6) is -9.86. The lowest BCUT2D eigenvalue weighted by Crippen LogP contribution is -2.60. The molecule has 0 saturated carbocycles. The lowest BCUT2D eigenvalue weighted by molar-refractivity contribution is -0.136. The molecule has 33 heteroatoms. The molecule has 2 aromatic rings. The summed E-state index contributed by atoms with van der Waals surface area (Å²) in [6.45, 7) is 2.98. The maximum absolute atomic E-state index is 14.9. The van der Waals surface area contributed by atoms with E-state index >= 15 is 0 Å². The van der Waals surface area contributed by atoms with Gasteiger partial charge in [0.1, 0.15) is 53.8 Å². The minimum absolute atomic E-state index is 0.00266. The Morgan fingerprint density at radius 1 is 0.714 bits per heavy atom. The maximum atomic E-state index is 14.9. The molecule has 0 fully saturated rings. The fraction of sp³-hybridized carbons (Fsp3) is 0.552. The fourth-order valence-corrected chi connectivity index (χ4v) is 8.97. The Morgan fingerprint density at radius 3 is 1.95 bits per heavy atom. The number of aliphatic imine (C=N–C) groups is 3.